The van der Waals surface area contributed by atoms with Gasteiger partial charge in [0.15, 0.2) is 5.82 Å². The first-order valence-corrected chi connectivity index (χ1v) is 8.81. The lowest BCUT2D eigenvalue weighted by Crippen LogP contribution is -2.29. The van der Waals surface area contributed by atoms with Gasteiger partial charge in [-0.2, -0.15) is 9.29 Å². The molecule has 0 N–H and O–H groups in total. The summed E-state index contributed by atoms with van der Waals surface area (Å²) in [6, 6.07) is 4.98. The molecule has 0 radical (unpaired) electrons. The van der Waals surface area contributed by atoms with Gasteiger partial charge in [-0.25, -0.2) is 8.42 Å². The number of sulfonamides is 1. The SMILES string of the molecule is COc1ccc(S(=O)(=O)N2CC[C@@H](c3nc(C)no3)C2)c(C)c1. The summed E-state index contributed by atoms with van der Waals surface area (Å²) in [5.41, 5.74) is 0.668. The molecule has 1 aliphatic rings. The molecule has 23 heavy (non-hydrogen) atoms. The van der Waals surface area contributed by atoms with Crippen LogP contribution in [0, 0.1) is 13.8 Å². The fourth-order valence-corrected chi connectivity index (χ4v) is 4.51. The first-order valence-electron chi connectivity index (χ1n) is 7.37. The smallest absolute Gasteiger partial charge is 0.243 e. The lowest BCUT2D eigenvalue weighted by Gasteiger charge is -2.18. The Morgan fingerprint density at radius 3 is 2.74 bits per heavy atom. The topological polar surface area (TPSA) is 85.5 Å². The molecule has 1 aromatic heterocycles. The molecule has 1 saturated heterocycles. The van der Waals surface area contributed by atoms with Crippen molar-refractivity contribution in [3.05, 3.63) is 35.5 Å². The van der Waals surface area contributed by atoms with Gasteiger partial charge in [-0.15, -0.1) is 0 Å². The zero-order chi connectivity index (χ0) is 16.6. The minimum Gasteiger partial charge on any atom is -0.497 e. The molecule has 0 saturated carbocycles. The van der Waals surface area contributed by atoms with Gasteiger partial charge in [-0.1, -0.05) is 5.16 Å². The van der Waals surface area contributed by atoms with Gasteiger partial charge in [0.1, 0.15) is 5.75 Å². The molecule has 3 rings (SSSR count). The number of ether oxygens (including phenoxy) is 1. The van der Waals surface area contributed by atoms with Gasteiger partial charge in [0, 0.05) is 13.1 Å². The van der Waals surface area contributed by atoms with Crippen LogP contribution in [-0.2, 0) is 10.0 Å². The lowest BCUT2D eigenvalue weighted by molar-refractivity contribution is 0.351. The van der Waals surface area contributed by atoms with Crippen molar-refractivity contribution < 1.29 is 17.7 Å². The molecule has 2 aromatic rings. The second kappa shape index (κ2) is 5.93. The summed E-state index contributed by atoms with van der Waals surface area (Å²) in [5, 5.41) is 3.77. The molecule has 0 bridgehead atoms. The Morgan fingerprint density at radius 2 is 2.13 bits per heavy atom. The standard InChI is InChI=1S/C15H19N3O4S/c1-10-8-13(21-3)4-5-14(10)23(19,20)18-7-6-12(9-18)15-16-11(2)17-22-15/h4-5,8,12H,6-7,9H2,1-3H3/t12-/m1/s1. The molecule has 0 amide bonds. The minimum absolute atomic E-state index is 0.0514. The van der Waals surface area contributed by atoms with Gasteiger partial charge < -0.3 is 9.26 Å². The first kappa shape index (κ1) is 15.9. The van der Waals surface area contributed by atoms with E-state index in [-0.39, 0.29) is 5.92 Å². The third-order valence-electron chi connectivity index (χ3n) is 4.04. The van der Waals surface area contributed by atoms with Crippen molar-refractivity contribution >= 4 is 10.0 Å². The second-order valence-corrected chi connectivity index (χ2v) is 7.57. The second-order valence-electron chi connectivity index (χ2n) is 5.66. The molecule has 1 aliphatic heterocycles. The molecule has 8 heteroatoms. The predicted octanol–water partition coefficient (Wildman–Crippen LogP) is 1.87. The summed E-state index contributed by atoms with van der Waals surface area (Å²) in [6.45, 7) is 4.32. The van der Waals surface area contributed by atoms with E-state index in [0.717, 1.165) is 0 Å². The Kier molecular flexibility index (Phi) is 4.11. The van der Waals surface area contributed by atoms with Crippen molar-refractivity contribution in [2.45, 2.75) is 31.1 Å². The highest BCUT2D eigenvalue weighted by atomic mass is 32.2. The van der Waals surface area contributed by atoms with E-state index in [9.17, 15) is 8.42 Å². The third-order valence-corrected chi connectivity index (χ3v) is 6.07. The monoisotopic (exact) mass is 337 g/mol. The van der Waals surface area contributed by atoms with Crippen LogP contribution in [-0.4, -0.2) is 43.1 Å². The first-order chi connectivity index (χ1) is 10.9. The number of hydrogen-bond acceptors (Lipinski definition) is 6. The van der Waals surface area contributed by atoms with E-state index in [1.54, 1.807) is 39.2 Å². The fraction of sp³-hybridized carbons (Fsp3) is 0.467. The van der Waals surface area contributed by atoms with Crippen molar-refractivity contribution in [1.82, 2.24) is 14.4 Å². The van der Waals surface area contributed by atoms with E-state index >= 15 is 0 Å². The van der Waals surface area contributed by atoms with E-state index in [4.69, 9.17) is 9.26 Å². The van der Waals surface area contributed by atoms with Crippen molar-refractivity contribution in [2.75, 3.05) is 20.2 Å². The van der Waals surface area contributed by atoms with E-state index in [0.29, 0.717) is 47.4 Å². The molecule has 0 spiro atoms. The van der Waals surface area contributed by atoms with Crippen LogP contribution in [0.4, 0.5) is 0 Å². The van der Waals surface area contributed by atoms with Crippen LogP contribution in [0.15, 0.2) is 27.6 Å². The fourth-order valence-electron chi connectivity index (χ4n) is 2.80. The summed E-state index contributed by atoms with van der Waals surface area (Å²) in [5.74, 6) is 1.66. The molecule has 1 atom stereocenters. The largest absolute Gasteiger partial charge is 0.497 e. The van der Waals surface area contributed by atoms with Gasteiger partial charge in [0.25, 0.3) is 0 Å². The number of aromatic nitrogens is 2. The summed E-state index contributed by atoms with van der Waals surface area (Å²) in [6.07, 6.45) is 0.677. The van der Waals surface area contributed by atoms with Crippen molar-refractivity contribution in [3.63, 3.8) is 0 Å². The third kappa shape index (κ3) is 2.96. The highest BCUT2D eigenvalue weighted by Crippen LogP contribution is 2.32. The molecule has 1 aromatic carbocycles. The van der Waals surface area contributed by atoms with Gasteiger partial charge in [-0.3, -0.25) is 0 Å². The van der Waals surface area contributed by atoms with E-state index < -0.39 is 10.0 Å². The average molecular weight is 337 g/mol. The Hall–Kier alpha value is -1.93. The van der Waals surface area contributed by atoms with E-state index in [1.165, 1.54) is 4.31 Å². The predicted molar refractivity (Wildman–Crippen MR) is 82.9 cm³/mol. The summed E-state index contributed by atoms with van der Waals surface area (Å²) in [4.78, 5) is 4.51. The molecule has 2 heterocycles. The molecule has 1 fully saturated rings. The maximum Gasteiger partial charge on any atom is 0.243 e. The normalized spacial score (nSPS) is 19.2. The maximum absolute atomic E-state index is 12.9. The van der Waals surface area contributed by atoms with Crippen molar-refractivity contribution in [3.8, 4) is 5.75 Å². The van der Waals surface area contributed by atoms with Crippen LogP contribution in [0.5, 0.6) is 5.75 Å². The molecule has 0 unspecified atom stereocenters. The van der Waals surface area contributed by atoms with Crippen molar-refractivity contribution in [1.29, 1.82) is 0 Å². The van der Waals surface area contributed by atoms with Gasteiger partial charge in [0.05, 0.1) is 17.9 Å². The van der Waals surface area contributed by atoms with Crippen molar-refractivity contribution in [2.24, 2.45) is 0 Å². The molecular weight excluding hydrogens is 318 g/mol. The minimum atomic E-state index is -3.54. The molecule has 7 nitrogen and oxygen atoms in total. The highest BCUT2D eigenvalue weighted by molar-refractivity contribution is 7.89. The highest BCUT2D eigenvalue weighted by Gasteiger charge is 2.36. The molecule has 0 aliphatic carbocycles. The summed E-state index contributed by atoms with van der Waals surface area (Å²) >= 11 is 0. The van der Waals surface area contributed by atoms with Crippen LogP contribution < -0.4 is 4.74 Å². The summed E-state index contributed by atoms with van der Waals surface area (Å²) in [7, 11) is -1.98. The number of methoxy groups -OCH3 is 1. The number of nitrogens with zero attached hydrogens (tertiary/aromatic N) is 3. The van der Waals surface area contributed by atoms with E-state index in [1.807, 2.05) is 0 Å². The molecular formula is C15H19N3O4S. The number of rotatable bonds is 4. The van der Waals surface area contributed by atoms with Gasteiger partial charge >= 0.3 is 0 Å². The van der Waals surface area contributed by atoms with Crippen LogP contribution in [0.1, 0.15) is 29.6 Å². The zero-order valence-corrected chi connectivity index (χ0v) is 14.1. The number of benzene rings is 1. The Bertz CT molecular complexity index is 816. The van der Waals surface area contributed by atoms with Crippen LogP contribution in [0.3, 0.4) is 0 Å². The van der Waals surface area contributed by atoms with E-state index in [2.05, 4.69) is 10.1 Å². The Balaban J connectivity index is 1.84. The summed E-state index contributed by atoms with van der Waals surface area (Å²) < 4.78 is 37.5. The maximum atomic E-state index is 12.9. The van der Waals surface area contributed by atoms with Gasteiger partial charge in [0.2, 0.25) is 15.9 Å². The number of aryl methyl sites for hydroxylation is 2. The molecule has 124 valence electrons. The van der Waals surface area contributed by atoms with Crippen LogP contribution in [0.25, 0.3) is 0 Å². The van der Waals surface area contributed by atoms with Gasteiger partial charge in [-0.05, 0) is 44.0 Å². The average Bonchev–Trinajstić information content (AvgIpc) is 3.15. The number of hydrogen-bond donors (Lipinski definition) is 0. The quantitative estimate of drug-likeness (QED) is 0.847. The lowest BCUT2D eigenvalue weighted by atomic mass is 10.1. The Labute approximate surface area is 135 Å². The Morgan fingerprint density at radius 1 is 1.35 bits per heavy atom. The van der Waals surface area contributed by atoms with Crippen LogP contribution in [0.2, 0.25) is 0 Å². The zero-order valence-electron chi connectivity index (χ0n) is 13.3. The van der Waals surface area contributed by atoms with Crippen LogP contribution >= 0.6 is 0 Å².